The van der Waals surface area contributed by atoms with Gasteiger partial charge in [0.05, 0.1) is 26.5 Å². The molecule has 2 rings (SSSR count). The Bertz CT molecular complexity index is 852. The Morgan fingerprint density at radius 1 is 1.00 bits per heavy atom. The fourth-order valence-corrected chi connectivity index (χ4v) is 2.90. The van der Waals surface area contributed by atoms with Gasteiger partial charge in [0.15, 0.2) is 0 Å². The lowest BCUT2D eigenvalue weighted by Gasteiger charge is -2.19. The molecule has 2 aromatic carbocycles. The van der Waals surface area contributed by atoms with E-state index in [0.717, 1.165) is 16.9 Å². The third-order valence-electron chi connectivity index (χ3n) is 4.08. The van der Waals surface area contributed by atoms with Crippen LogP contribution >= 0.6 is 0 Å². The molecule has 2 N–H and O–H groups in total. The molecule has 7 nitrogen and oxygen atoms in total. The molecule has 0 fully saturated rings. The molecule has 0 saturated carbocycles. The summed E-state index contributed by atoms with van der Waals surface area (Å²) in [5, 5.41) is 5.53. The minimum absolute atomic E-state index is 0.185. The number of hydrogen-bond donors (Lipinski definition) is 2. The van der Waals surface area contributed by atoms with Crippen LogP contribution in [0.1, 0.15) is 18.1 Å². The van der Waals surface area contributed by atoms with Gasteiger partial charge >= 0.3 is 0 Å². The summed E-state index contributed by atoms with van der Waals surface area (Å²) >= 11 is 0. The monoisotopic (exact) mass is 385 g/mol. The van der Waals surface area contributed by atoms with Crippen molar-refractivity contribution in [2.45, 2.75) is 20.4 Å². The highest BCUT2D eigenvalue weighted by molar-refractivity contribution is 5.95. The van der Waals surface area contributed by atoms with Gasteiger partial charge in [-0.3, -0.25) is 14.5 Å². The fraction of sp³-hybridized carbons (Fsp3) is 0.333. The molecule has 7 heteroatoms. The first-order valence-electron chi connectivity index (χ1n) is 8.90. The number of likely N-dealkylation sites (N-methyl/N-ethyl adjacent to an activating group) is 1. The summed E-state index contributed by atoms with van der Waals surface area (Å²) in [4.78, 5) is 25.7. The molecule has 28 heavy (non-hydrogen) atoms. The number of rotatable bonds is 8. The molecule has 0 aliphatic carbocycles. The lowest BCUT2D eigenvalue weighted by atomic mass is 10.1. The van der Waals surface area contributed by atoms with E-state index in [9.17, 15) is 9.59 Å². The number of benzene rings is 2. The first-order chi connectivity index (χ1) is 13.3. The maximum absolute atomic E-state index is 12.5. The molecule has 0 bridgehead atoms. The van der Waals surface area contributed by atoms with Crippen LogP contribution in [-0.4, -0.2) is 44.5 Å². The van der Waals surface area contributed by atoms with Crippen LogP contribution in [0.3, 0.4) is 0 Å². The molecule has 2 aromatic rings. The van der Waals surface area contributed by atoms with Gasteiger partial charge in [-0.05, 0) is 38.2 Å². The lowest BCUT2D eigenvalue weighted by molar-refractivity contribution is -0.117. The van der Waals surface area contributed by atoms with E-state index in [4.69, 9.17) is 9.47 Å². The van der Waals surface area contributed by atoms with E-state index >= 15 is 0 Å². The van der Waals surface area contributed by atoms with Gasteiger partial charge in [0, 0.05) is 24.7 Å². The predicted octanol–water partition coefficient (Wildman–Crippen LogP) is 3.04. The van der Waals surface area contributed by atoms with Gasteiger partial charge in [-0.25, -0.2) is 0 Å². The van der Waals surface area contributed by atoms with Gasteiger partial charge < -0.3 is 20.1 Å². The Morgan fingerprint density at radius 3 is 2.32 bits per heavy atom. The molecule has 0 heterocycles. The van der Waals surface area contributed by atoms with Crippen LogP contribution in [0.15, 0.2) is 36.4 Å². The zero-order valence-corrected chi connectivity index (χ0v) is 17.0. The highest BCUT2D eigenvalue weighted by Crippen LogP contribution is 2.28. The van der Waals surface area contributed by atoms with Crippen LogP contribution in [-0.2, 0) is 16.1 Å². The maximum atomic E-state index is 12.5. The van der Waals surface area contributed by atoms with E-state index in [-0.39, 0.29) is 18.4 Å². The van der Waals surface area contributed by atoms with Gasteiger partial charge in [0.25, 0.3) is 0 Å². The van der Waals surface area contributed by atoms with Crippen molar-refractivity contribution in [3.05, 3.63) is 47.5 Å². The van der Waals surface area contributed by atoms with Gasteiger partial charge in [-0.2, -0.15) is 0 Å². The lowest BCUT2D eigenvalue weighted by Crippen LogP contribution is -2.30. The number of anilines is 2. The summed E-state index contributed by atoms with van der Waals surface area (Å²) in [6, 6.07) is 11.0. The van der Waals surface area contributed by atoms with E-state index in [0.29, 0.717) is 23.7 Å². The third kappa shape index (κ3) is 5.99. The van der Waals surface area contributed by atoms with Crippen molar-refractivity contribution < 1.29 is 19.1 Å². The van der Waals surface area contributed by atoms with E-state index in [2.05, 4.69) is 10.6 Å². The molecule has 2 amide bonds. The van der Waals surface area contributed by atoms with Gasteiger partial charge in [0.2, 0.25) is 11.8 Å². The summed E-state index contributed by atoms with van der Waals surface area (Å²) in [6.07, 6.45) is 0. The van der Waals surface area contributed by atoms with Crippen LogP contribution in [0.2, 0.25) is 0 Å². The topological polar surface area (TPSA) is 79.9 Å². The van der Waals surface area contributed by atoms with Crippen LogP contribution in [0.5, 0.6) is 11.5 Å². The van der Waals surface area contributed by atoms with Gasteiger partial charge in [0.1, 0.15) is 11.5 Å². The number of carbonyl (C=O) groups is 2. The van der Waals surface area contributed by atoms with Crippen molar-refractivity contribution in [2.75, 3.05) is 38.4 Å². The number of hydrogen-bond acceptors (Lipinski definition) is 5. The van der Waals surface area contributed by atoms with Crippen molar-refractivity contribution in [1.29, 1.82) is 0 Å². The van der Waals surface area contributed by atoms with Crippen LogP contribution in [0.25, 0.3) is 0 Å². The number of aryl methyl sites for hydroxylation is 1. The second-order valence-corrected chi connectivity index (χ2v) is 6.63. The summed E-state index contributed by atoms with van der Waals surface area (Å²) in [5.41, 5.74) is 3.23. The summed E-state index contributed by atoms with van der Waals surface area (Å²) in [7, 11) is 5.03. The van der Waals surface area contributed by atoms with Crippen molar-refractivity contribution in [3.63, 3.8) is 0 Å². The van der Waals surface area contributed by atoms with E-state index in [1.807, 2.05) is 37.1 Å². The molecular formula is C21H27N3O4. The van der Waals surface area contributed by atoms with Crippen molar-refractivity contribution in [3.8, 4) is 11.5 Å². The highest BCUT2D eigenvalue weighted by Gasteiger charge is 2.13. The predicted molar refractivity (Wildman–Crippen MR) is 110 cm³/mol. The second-order valence-electron chi connectivity index (χ2n) is 6.63. The smallest absolute Gasteiger partial charge is 0.238 e. The van der Waals surface area contributed by atoms with Crippen LogP contribution in [0.4, 0.5) is 11.4 Å². The molecule has 150 valence electrons. The first kappa shape index (κ1) is 21.2. The first-order valence-corrected chi connectivity index (χ1v) is 8.90. The Labute approximate surface area is 165 Å². The van der Waals surface area contributed by atoms with Crippen LogP contribution < -0.4 is 20.1 Å². The SMILES string of the molecule is COc1ccc(C)cc1CN(C)CC(=O)Nc1cc(NC(C)=O)ccc1OC. The number of methoxy groups -OCH3 is 2. The number of amides is 2. The molecule has 0 spiro atoms. The van der Waals surface area contributed by atoms with E-state index in [1.165, 1.54) is 14.0 Å². The number of nitrogens with zero attached hydrogens (tertiary/aromatic N) is 1. The Morgan fingerprint density at radius 2 is 1.68 bits per heavy atom. The molecular weight excluding hydrogens is 358 g/mol. The Balaban J connectivity index is 2.05. The molecule has 0 radical (unpaired) electrons. The Hall–Kier alpha value is -3.06. The van der Waals surface area contributed by atoms with E-state index < -0.39 is 0 Å². The molecule has 0 aliphatic heterocycles. The molecule has 0 unspecified atom stereocenters. The normalized spacial score (nSPS) is 10.5. The zero-order valence-electron chi connectivity index (χ0n) is 17.0. The average Bonchev–Trinajstić information content (AvgIpc) is 2.61. The highest BCUT2D eigenvalue weighted by atomic mass is 16.5. The molecule has 0 atom stereocenters. The minimum atomic E-state index is -0.188. The summed E-state index contributed by atoms with van der Waals surface area (Å²) in [6.45, 7) is 4.20. The Kier molecular flexibility index (Phi) is 7.40. The minimum Gasteiger partial charge on any atom is -0.496 e. The standard InChI is InChI=1S/C21H27N3O4/c1-14-6-8-19(27-4)16(10-14)12-24(3)13-21(26)23-18-11-17(22-15(2)25)7-9-20(18)28-5/h6-11H,12-13H2,1-5H3,(H,22,25)(H,23,26). The number of carbonyl (C=O) groups excluding carboxylic acids is 2. The number of ether oxygens (including phenoxy) is 2. The van der Waals surface area contributed by atoms with Crippen LogP contribution in [0, 0.1) is 6.92 Å². The molecule has 0 saturated heterocycles. The largest absolute Gasteiger partial charge is 0.496 e. The maximum Gasteiger partial charge on any atom is 0.238 e. The van der Waals surface area contributed by atoms with Crippen molar-refractivity contribution in [2.24, 2.45) is 0 Å². The summed E-state index contributed by atoms with van der Waals surface area (Å²) in [5.74, 6) is 0.940. The van der Waals surface area contributed by atoms with Gasteiger partial charge in [-0.1, -0.05) is 17.7 Å². The van der Waals surface area contributed by atoms with Gasteiger partial charge in [-0.15, -0.1) is 0 Å². The summed E-state index contributed by atoms with van der Waals surface area (Å²) < 4.78 is 10.7. The van der Waals surface area contributed by atoms with Crippen molar-refractivity contribution >= 4 is 23.2 Å². The fourth-order valence-electron chi connectivity index (χ4n) is 2.90. The van der Waals surface area contributed by atoms with E-state index in [1.54, 1.807) is 25.3 Å². The number of nitrogens with one attached hydrogen (secondary N) is 2. The quantitative estimate of drug-likeness (QED) is 0.730. The van der Waals surface area contributed by atoms with Crippen molar-refractivity contribution in [1.82, 2.24) is 4.90 Å². The molecule has 0 aromatic heterocycles. The zero-order chi connectivity index (χ0) is 20.7. The average molecular weight is 385 g/mol. The third-order valence-corrected chi connectivity index (χ3v) is 4.08. The second kappa shape index (κ2) is 9.75. The molecule has 0 aliphatic rings.